The molecule has 0 spiro atoms. The minimum Gasteiger partial charge on any atom is -0.386 e. The Morgan fingerprint density at radius 2 is 1.86 bits per heavy atom. The van der Waals surface area contributed by atoms with Crippen molar-refractivity contribution in [3.63, 3.8) is 0 Å². The molecule has 0 saturated carbocycles. The summed E-state index contributed by atoms with van der Waals surface area (Å²) in [7, 11) is 0. The van der Waals surface area contributed by atoms with Crippen LogP contribution in [0.25, 0.3) is 0 Å². The second kappa shape index (κ2) is 12.3. The molecule has 1 saturated heterocycles. The first-order chi connectivity index (χ1) is 12.9. The summed E-state index contributed by atoms with van der Waals surface area (Å²) in [6.07, 6.45) is 1.19. The van der Waals surface area contributed by atoms with Gasteiger partial charge in [-0.2, -0.15) is 0 Å². The average molecular weight is 502 g/mol. The van der Waals surface area contributed by atoms with Crippen molar-refractivity contribution in [3.05, 3.63) is 35.4 Å². The summed E-state index contributed by atoms with van der Waals surface area (Å²) >= 11 is 0. The van der Waals surface area contributed by atoms with E-state index in [9.17, 15) is 9.90 Å². The van der Waals surface area contributed by atoms with Crippen molar-refractivity contribution in [1.82, 2.24) is 15.5 Å². The highest BCUT2D eigenvalue weighted by Crippen LogP contribution is 2.15. The topological polar surface area (TPSA) is 77.0 Å². The summed E-state index contributed by atoms with van der Waals surface area (Å²) in [5.74, 6) is 1.00. The summed E-state index contributed by atoms with van der Waals surface area (Å²) in [5, 5.41) is 17.1. The molecule has 0 aromatic heterocycles. The Hall–Kier alpha value is -1.35. The van der Waals surface area contributed by atoms with Gasteiger partial charge in [0.2, 0.25) is 5.91 Å². The number of aliphatic imine (C=N–C) groups is 1. The molecule has 1 unspecified atom stereocenters. The number of benzene rings is 1. The average Bonchev–Trinajstić information content (AvgIpc) is 2.66. The summed E-state index contributed by atoms with van der Waals surface area (Å²) in [6.45, 7) is 10.6. The molecule has 28 heavy (non-hydrogen) atoms. The Kier molecular flexibility index (Phi) is 10.8. The first-order valence-electron chi connectivity index (χ1n) is 9.99. The molecule has 1 aliphatic rings. The molecule has 1 heterocycles. The molecule has 3 N–H and O–H groups in total. The number of carbonyl (C=O) groups is 1. The maximum atomic E-state index is 12.1. The van der Waals surface area contributed by atoms with E-state index in [2.05, 4.69) is 15.6 Å². The molecule has 1 fully saturated rings. The Morgan fingerprint density at radius 3 is 2.39 bits per heavy atom. The molecule has 1 aromatic rings. The summed E-state index contributed by atoms with van der Waals surface area (Å²) in [5.41, 5.74) is 2.05. The zero-order chi connectivity index (χ0) is 19.8. The SMILES string of the molecule is CCNC(=NCC(O)c1ccc(C)cc1)NC1CCN(C(=O)C(C)C)CC1.I. The highest BCUT2D eigenvalue weighted by atomic mass is 127. The Labute approximate surface area is 186 Å². The summed E-state index contributed by atoms with van der Waals surface area (Å²) in [4.78, 5) is 18.6. The van der Waals surface area contributed by atoms with Gasteiger partial charge in [-0.05, 0) is 32.3 Å². The second-order valence-electron chi connectivity index (χ2n) is 7.54. The standard InChI is InChI=1S/C21H34N4O2.HI/c1-5-22-21(23-14-19(26)17-8-6-16(4)7-9-17)24-18-10-12-25(13-11-18)20(27)15(2)3;/h6-9,15,18-19,26H,5,10-14H2,1-4H3,(H2,22,23,24);1H. The molecule has 1 atom stereocenters. The second-order valence-corrected chi connectivity index (χ2v) is 7.54. The van der Waals surface area contributed by atoms with Gasteiger partial charge in [0.05, 0.1) is 12.6 Å². The molecule has 1 aliphatic heterocycles. The Bertz CT molecular complexity index is 626. The van der Waals surface area contributed by atoms with Crippen LogP contribution in [0.3, 0.4) is 0 Å². The monoisotopic (exact) mass is 502 g/mol. The number of rotatable bonds is 6. The number of nitrogens with one attached hydrogen (secondary N) is 2. The van der Waals surface area contributed by atoms with E-state index < -0.39 is 6.10 Å². The smallest absolute Gasteiger partial charge is 0.225 e. The van der Waals surface area contributed by atoms with E-state index in [1.165, 1.54) is 5.56 Å². The fraction of sp³-hybridized carbons (Fsp3) is 0.619. The zero-order valence-electron chi connectivity index (χ0n) is 17.4. The first kappa shape index (κ1) is 24.7. The number of aliphatic hydroxyl groups excluding tert-OH is 1. The Morgan fingerprint density at radius 1 is 1.25 bits per heavy atom. The van der Waals surface area contributed by atoms with Crippen LogP contribution in [0.5, 0.6) is 0 Å². The predicted octanol–water partition coefficient (Wildman–Crippen LogP) is 2.85. The van der Waals surface area contributed by atoms with Gasteiger partial charge in [0, 0.05) is 31.6 Å². The first-order valence-corrected chi connectivity index (χ1v) is 9.99. The van der Waals surface area contributed by atoms with Crippen molar-refractivity contribution in [2.45, 2.75) is 52.7 Å². The minimum absolute atomic E-state index is 0. The van der Waals surface area contributed by atoms with Crippen molar-refractivity contribution in [2.75, 3.05) is 26.2 Å². The van der Waals surface area contributed by atoms with E-state index in [0.29, 0.717) is 6.54 Å². The lowest BCUT2D eigenvalue weighted by Gasteiger charge is -2.34. The largest absolute Gasteiger partial charge is 0.386 e. The van der Waals surface area contributed by atoms with Crippen LogP contribution in [0, 0.1) is 12.8 Å². The lowest BCUT2D eigenvalue weighted by molar-refractivity contribution is -0.135. The molecule has 0 aliphatic carbocycles. The molecular weight excluding hydrogens is 467 g/mol. The molecule has 158 valence electrons. The number of amides is 1. The number of guanidine groups is 1. The quantitative estimate of drug-likeness (QED) is 0.318. The highest BCUT2D eigenvalue weighted by molar-refractivity contribution is 14.0. The van der Waals surface area contributed by atoms with Crippen molar-refractivity contribution in [2.24, 2.45) is 10.9 Å². The van der Waals surface area contributed by atoms with Gasteiger partial charge < -0.3 is 20.6 Å². The maximum absolute atomic E-state index is 12.1. The molecule has 6 nitrogen and oxygen atoms in total. The molecule has 0 radical (unpaired) electrons. The number of nitrogens with zero attached hydrogens (tertiary/aromatic N) is 2. The predicted molar refractivity (Wildman–Crippen MR) is 125 cm³/mol. The number of hydrogen-bond donors (Lipinski definition) is 3. The lowest BCUT2D eigenvalue weighted by atomic mass is 10.0. The Balaban J connectivity index is 0.00000392. The van der Waals surface area contributed by atoms with Crippen molar-refractivity contribution in [1.29, 1.82) is 0 Å². The van der Waals surface area contributed by atoms with Crippen LogP contribution in [-0.4, -0.2) is 54.1 Å². The third kappa shape index (κ3) is 7.58. The minimum atomic E-state index is -0.619. The number of piperidine rings is 1. The van der Waals surface area contributed by atoms with Crippen molar-refractivity contribution in [3.8, 4) is 0 Å². The number of aliphatic hydroxyl groups is 1. The van der Waals surface area contributed by atoms with Crippen LogP contribution < -0.4 is 10.6 Å². The fourth-order valence-corrected chi connectivity index (χ4v) is 3.19. The number of aryl methyl sites for hydroxylation is 1. The van der Waals surface area contributed by atoms with Crippen LogP contribution in [0.15, 0.2) is 29.3 Å². The van der Waals surface area contributed by atoms with Crippen LogP contribution in [0.1, 0.15) is 50.8 Å². The fourth-order valence-electron chi connectivity index (χ4n) is 3.19. The third-order valence-corrected chi connectivity index (χ3v) is 4.87. The highest BCUT2D eigenvalue weighted by Gasteiger charge is 2.24. The van der Waals surface area contributed by atoms with Gasteiger partial charge in [0.15, 0.2) is 5.96 Å². The van der Waals surface area contributed by atoms with Gasteiger partial charge in [0.1, 0.15) is 0 Å². The summed E-state index contributed by atoms with van der Waals surface area (Å²) < 4.78 is 0. The maximum Gasteiger partial charge on any atom is 0.225 e. The van der Waals surface area contributed by atoms with Gasteiger partial charge >= 0.3 is 0 Å². The van der Waals surface area contributed by atoms with Gasteiger partial charge in [-0.1, -0.05) is 43.7 Å². The van der Waals surface area contributed by atoms with Gasteiger partial charge in [-0.3, -0.25) is 9.79 Å². The molecular formula is C21H35IN4O2. The van der Waals surface area contributed by atoms with Crippen LogP contribution in [0.4, 0.5) is 0 Å². The van der Waals surface area contributed by atoms with Crippen LogP contribution in [-0.2, 0) is 4.79 Å². The van der Waals surface area contributed by atoms with E-state index in [0.717, 1.165) is 44.0 Å². The molecule has 1 aromatic carbocycles. The molecule has 0 bridgehead atoms. The van der Waals surface area contributed by atoms with E-state index in [-0.39, 0.29) is 41.8 Å². The van der Waals surface area contributed by atoms with Crippen molar-refractivity contribution >= 4 is 35.8 Å². The lowest BCUT2D eigenvalue weighted by Crippen LogP contribution is -2.50. The van der Waals surface area contributed by atoms with Crippen LogP contribution >= 0.6 is 24.0 Å². The van der Waals surface area contributed by atoms with Gasteiger partial charge in [-0.15, -0.1) is 24.0 Å². The van der Waals surface area contributed by atoms with E-state index in [1.54, 1.807) is 0 Å². The van der Waals surface area contributed by atoms with Crippen LogP contribution in [0.2, 0.25) is 0 Å². The number of carbonyl (C=O) groups excluding carboxylic acids is 1. The zero-order valence-corrected chi connectivity index (χ0v) is 19.8. The molecule has 2 rings (SSSR count). The third-order valence-electron chi connectivity index (χ3n) is 4.87. The van der Waals surface area contributed by atoms with E-state index >= 15 is 0 Å². The van der Waals surface area contributed by atoms with E-state index in [4.69, 9.17) is 0 Å². The summed E-state index contributed by atoms with van der Waals surface area (Å²) in [6, 6.07) is 8.17. The van der Waals surface area contributed by atoms with Gasteiger partial charge in [-0.25, -0.2) is 0 Å². The number of halogens is 1. The number of likely N-dealkylation sites (tertiary alicyclic amines) is 1. The normalized spacial score (nSPS) is 16.5. The number of hydrogen-bond acceptors (Lipinski definition) is 3. The molecule has 7 heteroatoms. The van der Waals surface area contributed by atoms with E-state index in [1.807, 2.05) is 56.9 Å². The molecule has 1 amide bonds. The van der Waals surface area contributed by atoms with Crippen molar-refractivity contribution < 1.29 is 9.90 Å². The van der Waals surface area contributed by atoms with Gasteiger partial charge in [0.25, 0.3) is 0 Å².